The molecule has 0 atom stereocenters. The van der Waals surface area contributed by atoms with Crippen LogP contribution in [0.1, 0.15) is 34.1 Å². The maximum Gasteiger partial charge on any atom is 0.00660 e. The summed E-state index contributed by atoms with van der Waals surface area (Å²) in [7, 11) is 0. The number of hydrogen-bond acceptors (Lipinski definition) is 0. The van der Waals surface area contributed by atoms with Gasteiger partial charge >= 0.3 is 0 Å². The maximum atomic E-state index is 3.40. The monoisotopic (exact) mass is 204 g/mol. The van der Waals surface area contributed by atoms with Crippen LogP contribution in [-0.4, -0.2) is 5.33 Å². The van der Waals surface area contributed by atoms with Crippen molar-refractivity contribution in [1.29, 1.82) is 0 Å². The second kappa shape index (κ2) is 4.17. The van der Waals surface area contributed by atoms with Gasteiger partial charge in [-0.25, -0.2) is 0 Å². The lowest BCUT2D eigenvalue weighted by atomic mass is 9.87. The van der Waals surface area contributed by atoms with Gasteiger partial charge in [-0.2, -0.15) is 0 Å². The van der Waals surface area contributed by atoms with Crippen molar-refractivity contribution in [2.45, 2.75) is 34.1 Å². The first kappa shape index (κ1) is 10.2. The molecule has 0 aromatic rings. The van der Waals surface area contributed by atoms with Gasteiger partial charge in [-0.3, -0.25) is 0 Å². The zero-order valence-corrected chi connectivity index (χ0v) is 8.96. The Morgan fingerprint density at radius 3 is 2.20 bits per heavy atom. The third kappa shape index (κ3) is 4.10. The average molecular weight is 205 g/mol. The molecular formula is C9H17Br. The molecule has 0 aromatic heterocycles. The van der Waals surface area contributed by atoms with Crippen LogP contribution in [0.4, 0.5) is 0 Å². The molecule has 0 aromatic carbocycles. The first-order valence-electron chi connectivity index (χ1n) is 3.71. The Kier molecular flexibility index (Phi) is 4.26. The minimum Gasteiger partial charge on any atom is -0.0925 e. The van der Waals surface area contributed by atoms with E-state index in [0.717, 1.165) is 11.8 Å². The van der Waals surface area contributed by atoms with E-state index in [-0.39, 0.29) is 0 Å². The van der Waals surface area contributed by atoms with Crippen molar-refractivity contribution in [3.8, 4) is 0 Å². The zero-order valence-electron chi connectivity index (χ0n) is 7.37. The molecule has 60 valence electrons. The van der Waals surface area contributed by atoms with E-state index in [2.05, 4.69) is 49.7 Å². The first-order valence-corrected chi connectivity index (χ1v) is 4.84. The van der Waals surface area contributed by atoms with Gasteiger partial charge in [0.2, 0.25) is 0 Å². The van der Waals surface area contributed by atoms with Gasteiger partial charge in [0.05, 0.1) is 0 Å². The summed E-state index contributed by atoms with van der Waals surface area (Å²) in [4.78, 5) is 0. The molecule has 0 saturated heterocycles. The molecule has 0 unspecified atom stereocenters. The quantitative estimate of drug-likeness (QED) is 0.475. The largest absolute Gasteiger partial charge is 0.0925 e. The van der Waals surface area contributed by atoms with Gasteiger partial charge in [0.15, 0.2) is 0 Å². The lowest BCUT2D eigenvalue weighted by Gasteiger charge is -2.19. The molecule has 0 rings (SSSR count). The maximum absolute atomic E-state index is 3.40. The van der Waals surface area contributed by atoms with Crippen LogP contribution in [0.15, 0.2) is 11.6 Å². The van der Waals surface area contributed by atoms with Gasteiger partial charge < -0.3 is 0 Å². The van der Waals surface area contributed by atoms with Crippen LogP contribution in [0.25, 0.3) is 0 Å². The molecule has 0 heterocycles. The second-order valence-corrected chi connectivity index (χ2v) is 4.41. The molecule has 0 nitrogen and oxygen atoms in total. The highest BCUT2D eigenvalue weighted by atomic mass is 79.9. The molecule has 0 radical (unpaired) electrons. The van der Waals surface area contributed by atoms with E-state index < -0.39 is 0 Å². The van der Waals surface area contributed by atoms with Gasteiger partial charge in [0.25, 0.3) is 0 Å². The van der Waals surface area contributed by atoms with E-state index in [4.69, 9.17) is 0 Å². The molecule has 0 saturated carbocycles. The van der Waals surface area contributed by atoms with E-state index in [1.807, 2.05) is 0 Å². The summed E-state index contributed by atoms with van der Waals surface area (Å²) < 4.78 is 0. The highest BCUT2D eigenvalue weighted by molar-refractivity contribution is 9.09. The van der Waals surface area contributed by atoms with Crippen LogP contribution in [0.5, 0.6) is 0 Å². The fourth-order valence-corrected chi connectivity index (χ4v) is 0.806. The summed E-state index contributed by atoms with van der Waals surface area (Å²) >= 11 is 3.40. The number of halogens is 1. The second-order valence-electron chi connectivity index (χ2n) is 3.61. The molecule has 10 heavy (non-hydrogen) atoms. The van der Waals surface area contributed by atoms with E-state index in [1.165, 1.54) is 5.57 Å². The van der Waals surface area contributed by atoms with Gasteiger partial charge in [-0.1, -0.05) is 48.4 Å². The van der Waals surface area contributed by atoms with Crippen molar-refractivity contribution in [3.63, 3.8) is 0 Å². The summed E-state index contributed by atoms with van der Waals surface area (Å²) in [5.41, 5.74) is 1.83. The summed E-state index contributed by atoms with van der Waals surface area (Å²) in [6, 6.07) is 0. The van der Waals surface area contributed by atoms with Crippen molar-refractivity contribution >= 4 is 15.9 Å². The van der Waals surface area contributed by atoms with Crippen molar-refractivity contribution in [2.75, 3.05) is 5.33 Å². The molecular weight excluding hydrogens is 188 g/mol. The number of hydrogen-bond donors (Lipinski definition) is 0. The van der Waals surface area contributed by atoms with Crippen LogP contribution >= 0.6 is 15.9 Å². The predicted molar refractivity (Wildman–Crippen MR) is 51.6 cm³/mol. The van der Waals surface area contributed by atoms with Gasteiger partial charge in [-0.15, -0.1) is 0 Å². The molecule has 0 N–H and O–H groups in total. The zero-order chi connectivity index (χ0) is 8.20. The van der Waals surface area contributed by atoms with Crippen LogP contribution in [0.3, 0.4) is 0 Å². The Bertz CT molecular complexity index is 117. The SMILES string of the molecule is CC(=CCCBr)C(C)(C)C. The molecule has 0 amide bonds. The van der Waals surface area contributed by atoms with Gasteiger partial charge in [-0.05, 0) is 18.8 Å². The van der Waals surface area contributed by atoms with Crippen LogP contribution in [-0.2, 0) is 0 Å². The normalized spacial score (nSPS) is 13.9. The topological polar surface area (TPSA) is 0 Å². The minimum absolute atomic E-state index is 0.349. The third-order valence-corrected chi connectivity index (χ3v) is 2.20. The van der Waals surface area contributed by atoms with Gasteiger partial charge in [0, 0.05) is 5.33 Å². The van der Waals surface area contributed by atoms with E-state index >= 15 is 0 Å². The predicted octanol–water partition coefficient (Wildman–Crippen LogP) is 3.76. The standard InChI is InChI=1S/C9H17Br/c1-8(6-5-7-10)9(2,3)4/h6H,5,7H2,1-4H3. The highest BCUT2D eigenvalue weighted by Gasteiger charge is 2.10. The lowest BCUT2D eigenvalue weighted by molar-refractivity contribution is 0.502. The van der Waals surface area contributed by atoms with Crippen molar-refractivity contribution < 1.29 is 0 Å². The Hall–Kier alpha value is 0.220. The number of rotatable bonds is 2. The molecule has 0 spiro atoms. The first-order chi connectivity index (χ1) is 4.48. The van der Waals surface area contributed by atoms with E-state index in [9.17, 15) is 0 Å². The molecule has 0 aliphatic carbocycles. The van der Waals surface area contributed by atoms with E-state index in [0.29, 0.717) is 5.41 Å². The van der Waals surface area contributed by atoms with Gasteiger partial charge in [0.1, 0.15) is 0 Å². The Morgan fingerprint density at radius 1 is 1.40 bits per heavy atom. The Balaban J connectivity index is 3.93. The minimum atomic E-state index is 0.349. The average Bonchev–Trinajstić information content (AvgIpc) is 1.80. The Labute approximate surface area is 72.8 Å². The molecule has 0 fully saturated rings. The summed E-state index contributed by atoms with van der Waals surface area (Å²) in [5.74, 6) is 0. The van der Waals surface area contributed by atoms with Crippen LogP contribution < -0.4 is 0 Å². The van der Waals surface area contributed by atoms with Crippen LogP contribution in [0.2, 0.25) is 0 Å². The van der Waals surface area contributed by atoms with Crippen molar-refractivity contribution in [1.82, 2.24) is 0 Å². The van der Waals surface area contributed by atoms with Crippen LogP contribution in [0, 0.1) is 5.41 Å². The summed E-state index contributed by atoms with van der Waals surface area (Å²) in [6.45, 7) is 8.93. The van der Waals surface area contributed by atoms with Crippen molar-refractivity contribution in [3.05, 3.63) is 11.6 Å². The summed E-state index contributed by atoms with van der Waals surface area (Å²) in [6.07, 6.45) is 3.44. The Morgan fingerprint density at radius 2 is 1.90 bits per heavy atom. The van der Waals surface area contributed by atoms with E-state index in [1.54, 1.807) is 0 Å². The lowest BCUT2D eigenvalue weighted by Crippen LogP contribution is -2.06. The fraction of sp³-hybridized carbons (Fsp3) is 0.778. The fourth-order valence-electron chi connectivity index (χ4n) is 0.577. The highest BCUT2D eigenvalue weighted by Crippen LogP contribution is 2.24. The number of alkyl halides is 1. The molecule has 1 heteroatoms. The molecule has 0 aliphatic heterocycles. The smallest absolute Gasteiger partial charge is 0.00660 e. The van der Waals surface area contributed by atoms with Crippen molar-refractivity contribution in [2.24, 2.45) is 5.41 Å². The molecule has 0 aliphatic rings. The molecule has 0 bridgehead atoms. The summed E-state index contributed by atoms with van der Waals surface area (Å²) in [5, 5.41) is 1.07. The third-order valence-electron chi connectivity index (χ3n) is 1.74. The number of allylic oxidation sites excluding steroid dienone is 2.